The smallest absolute Gasteiger partial charge is 0.306 e. The molecule has 0 aromatic carbocycles. The van der Waals surface area contributed by atoms with Crippen LogP contribution in [-0.2, 0) is 23.8 Å². The maximum atomic E-state index is 13.3. The quantitative estimate of drug-likeness (QED) is 0.0150. The van der Waals surface area contributed by atoms with Gasteiger partial charge in [0.15, 0.2) is 12.4 Å². The van der Waals surface area contributed by atoms with Gasteiger partial charge in [0.25, 0.3) is 0 Å². The molecule has 8 unspecified atom stereocenters. The number of hydrogen-bond acceptors (Lipinski definition) is 10. The van der Waals surface area contributed by atoms with Crippen LogP contribution in [0.25, 0.3) is 0 Å². The van der Waals surface area contributed by atoms with Crippen LogP contribution in [0, 0.1) is 0 Å². The average Bonchev–Trinajstić information content (AvgIpc) is 3.33. The van der Waals surface area contributed by atoms with E-state index in [-0.39, 0.29) is 19.4 Å². The van der Waals surface area contributed by atoms with Gasteiger partial charge >= 0.3 is 5.97 Å². The van der Waals surface area contributed by atoms with Crippen molar-refractivity contribution in [1.29, 1.82) is 0 Å². The maximum Gasteiger partial charge on any atom is 0.306 e. The second-order valence-corrected chi connectivity index (χ2v) is 18.0. The van der Waals surface area contributed by atoms with Crippen molar-refractivity contribution < 1.29 is 49.3 Å². The topological polar surface area (TPSA) is 175 Å². The Kier molecular flexibility index (Phi) is 41.2. The van der Waals surface area contributed by atoms with Crippen LogP contribution in [-0.4, -0.2) is 99.6 Å². The monoisotopic (exact) mass is 954 g/mol. The van der Waals surface area contributed by atoms with Crippen molar-refractivity contribution in [2.75, 3.05) is 13.2 Å². The van der Waals surface area contributed by atoms with Crippen LogP contribution in [0.3, 0.4) is 0 Å². The summed E-state index contributed by atoms with van der Waals surface area (Å²) in [6, 6.07) is -1.07. The molecule has 6 N–H and O–H groups in total. The molecule has 0 spiro atoms. The van der Waals surface area contributed by atoms with E-state index >= 15 is 0 Å². The standard InChI is InChI=1S/C57H95NO10/c1-4-7-10-13-16-19-22-25-26-27-30-33-36-39-42-45-52(62)68-55-54(64)53(63)51(46-59)67-57(55)66-47-48(49(60)43-40-37-34-31-28-23-20-17-14-11-8-5-2)58-56(65)50(61)44-41-38-35-32-29-24-21-18-15-12-9-6-3/h9,12,15-16,18-19,21-22,24-25,29,32,35,38,40,43,48-51,53-55,57,59-61,63-64H,4-8,10-11,13-14,17,20,23,26-28,30-31,33-34,36-37,39,41-42,44-47H2,1-3H3,(H,58,65)/b12-9+,18-15+,19-16+,24-21-,25-22+,32-29-,38-35+,43-40+. The number of esters is 1. The van der Waals surface area contributed by atoms with E-state index in [1.54, 1.807) is 6.08 Å². The second-order valence-electron chi connectivity index (χ2n) is 18.0. The van der Waals surface area contributed by atoms with Gasteiger partial charge in [-0.2, -0.15) is 0 Å². The Hall–Kier alpha value is -3.42. The lowest BCUT2D eigenvalue weighted by Crippen LogP contribution is -2.61. The van der Waals surface area contributed by atoms with E-state index in [9.17, 15) is 35.1 Å². The molecule has 1 fully saturated rings. The fraction of sp³-hybridized carbons (Fsp3) is 0.684. The van der Waals surface area contributed by atoms with Crippen molar-refractivity contribution in [1.82, 2.24) is 5.32 Å². The molecule has 8 atom stereocenters. The van der Waals surface area contributed by atoms with Gasteiger partial charge in [0, 0.05) is 6.42 Å². The van der Waals surface area contributed by atoms with Crippen LogP contribution in [0.2, 0.25) is 0 Å². The van der Waals surface area contributed by atoms with Crippen LogP contribution in [0.15, 0.2) is 97.2 Å². The number of aliphatic hydroxyl groups is 5. The van der Waals surface area contributed by atoms with Gasteiger partial charge in [-0.25, -0.2) is 0 Å². The molecule has 1 aliphatic rings. The average molecular weight is 954 g/mol. The number of hydrogen-bond donors (Lipinski definition) is 6. The van der Waals surface area contributed by atoms with Crippen molar-refractivity contribution in [2.45, 2.75) is 237 Å². The number of carbonyl (C=O) groups is 2. The Morgan fingerprint density at radius 2 is 1.06 bits per heavy atom. The Balaban J connectivity index is 2.83. The number of unbranched alkanes of at least 4 members (excludes halogenated alkanes) is 19. The molecule has 0 radical (unpaired) electrons. The molecule has 68 heavy (non-hydrogen) atoms. The van der Waals surface area contributed by atoms with Gasteiger partial charge in [-0.3, -0.25) is 9.59 Å². The predicted molar refractivity (Wildman–Crippen MR) is 278 cm³/mol. The van der Waals surface area contributed by atoms with Crippen molar-refractivity contribution in [3.63, 3.8) is 0 Å². The van der Waals surface area contributed by atoms with Crippen molar-refractivity contribution in [3.05, 3.63) is 97.2 Å². The first-order valence-corrected chi connectivity index (χ1v) is 26.6. The Bertz CT molecular complexity index is 1470. The summed E-state index contributed by atoms with van der Waals surface area (Å²) in [5.74, 6) is -1.30. The molecule has 11 heteroatoms. The molecule has 0 aromatic heterocycles. The number of aliphatic hydroxyl groups excluding tert-OH is 5. The van der Waals surface area contributed by atoms with Crippen molar-refractivity contribution in [2.24, 2.45) is 0 Å². The third-order valence-electron chi connectivity index (χ3n) is 11.9. The first kappa shape index (κ1) is 62.6. The second kappa shape index (κ2) is 44.8. The van der Waals surface area contributed by atoms with Crippen LogP contribution < -0.4 is 5.32 Å². The number of carbonyl (C=O) groups excluding carboxylic acids is 2. The molecule has 1 rings (SSSR count). The zero-order valence-corrected chi connectivity index (χ0v) is 42.4. The number of rotatable bonds is 42. The summed E-state index contributed by atoms with van der Waals surface area (Å²) >= 11 is 0. The number of ether oxygens (including phenoxy) is 3. The fourth-order valence-electron chi connectivity index (χ4n) is 7.61. The minimum Gasteiger partial charge on any atom is -0.454 e. The molecule has 1 saturated heterocycles. The summed E-state index contributed by atoms with van der Waals surface area (Å²) < 4.78 is 17.5. The minimum atomic E-state index is -1.63. The first-order valence-electron chi connectivity index (χ1n) is 26.6. The Labute approximate surface area is 412 Å². The third kappa shape index (κ3) is 33.2. The third-order valence-corrected chi connectivity index (χ3v) is 11.9. The maximum absolute atomic E-state index is 13.3. The van der Waals surface area contributed by atoms with Crippen LogP contribution in [0.5, 0.6) is 0 Å². The fourth-order valence-corrected chi connectivity index (χ4v) is 7.61. The van der Waals surface area contributed by atoms with Gasteiger partial charge in [0.2, 0.25) is 5.91 Å². The number of amides is 1. The highest BCUT2D eigenvalue weighted by molar-refractivity contribution is 5.80. The van der Waals surface area contributed by atoms with Gasteiger partial charge in [-0.05, 0) is 64.2 Å². The predicted octanol–water partition coefficient (Wildman–Crippen LogP) is 11.2. The van der Waals surface area contributed by atoms with E-state index in [1.165, 1.54) is 64.2 Å². The first-order chi connectivity index (χ1) is 33.2. The highest BCUT2D eigenvalue weighted by atomic mass is 16.7. The molecule has 0 aromatic rings. The zero-order valence-electron chi connectivity index (χ0n) is 42.4. The molecular weight excluding hydrogens is 859 g/mol. The number of nitrogens with one attached hydrogen (secondary N) is 1. The van der Waals surface area contributed by atoms with Crippen LogP contribution in [0.4, 0.5) is 0 Å². The van der Waals surface area contributed by atoms with Crippen LogP contribution in [0.1, 0.15) is 188 Å². The summed E-state index contributed by atoms with van der Waals surface area (Å²) in [5, 5.41) is 56.5. The summed E-state index contributed by atoms with van der Waals surface area (Å²) in [4.78, 5) is 26.3. The van der Waals surface area contributed by atoms with E-state index in [0.29, 0.717) is 12.8 Å². The van der Waals surface area contributed by atoms with E-state index in [2.05, 4.69) is 56.5 Å². The molecular formula is C57H95NO10. The van der Waals surface area contributed by atoms with Gasteiger partial charge in [-0.1, -0.05) is 214 Å². The molecule has 0 bridgehead atoms. The van der Waals surface area contributed by atoms with Gasteiger partial charge in [0.1, 0.15) is 24.4 Å². The van der Waals surface area contributed by atoms with E-state index in [0.717, 1.165) is 77.0 Å². The molecule has 0 aliphatic carbocycles. The lowest BCUT2D eigenvalue weighted by molar-refractivity contribution is -0.305. The molecule has 1 heterocycles. The molecule has 388 valence electrons. The summed E-state index contributed by atoms with van der Waals surface area (Å²) in [6.07, 6.45) is 47.6. The number of allylic oxidation sites excluding steroid dienone is 15. The largest absolute Gasteiger partial charge is 0.454 e. The van der Waals surface area contributed by atoms with E-state index in [4.69, 9.17) is 14.2 Å². The van der Waals surface area contributed by atoms with Crippen molar-refractivity contribution in [3.8, 4) is 0 Å². The molecule has 0 saturated carbocycles. The summed E-state index contributed by atoms with van der Waals surface area (Å²) in [6.45, 7) is 5.51. The SMILES string of the molecule is CC/C=C/C=C/C=C\C=C/C=C/CCC(O)C(=O)NC(COC1OC(CO)C(O)C(O)C1OC(=O)CCCCCCCC/C=C/C=C/CCCCC)C(O)/C=C/CCCCCCCCCCCC. The zero-order chi connectivity index (χ0) is 49.7. The van der Waals surface area contributed by atoms with E-state index in [1.807, 2.05) is 60.8 Å². The Morgan fingerprint density at radius 3 is 1.63 bits per heavy atom. The Morgan fingerprint density at radius 1 is 0.588 bits per heavy atom. The van der Waals surface area contributed by atoms with E-state index < -0.39 is 67.4 Å². The lowest BCUT2D eigenvalue weighted by Gasteiger charge is -2.41. The van der Waals surface area contributed by atoms with Crippen molar-refractivity contribution >= 4 is 11.9 Å². The highest BCUT2D eigenvalue weighted by Crippen LogP contribution is 2.26. The van der Waals surface area contributed by atoms with Gasteiger partial charge in [0.05, 0.1) is 25.4 Å². The molecule has 1 amide bonds. The van der Waals surface area contributed by atoms with Gasteiger partial charge in [-0.15, -0.1) is 0 Å². The summed E-state index contributed by atoms with van der Waals surface area (Å²) in [7, 11) is 0. The molecule has 11 nitrogen and oxygen atoms in total. The van der Waals surface area contributed by atoms with Gasteiger partial charge < -0.3 is 45.1 Å². The highest BCUT2D eigenvalue weighted by Gasteiger charge is 2.47. The molecule has 1 aliphatic heterocycles. The lowest BCUT2D eigenvalue weighted by atomic mass is 9.99. The summed E-state index contributed by atoms with van der Waals surface area (Å²) in [5.41, 5.74) is 0. The van der Waals surface area contributed by atoms with Crippen LogP contribution >= 0.6 is 0 Å². The normalized spacial score (nSPS) is 20.7. The minimum absolute atomic E-state index is 0.0965.